The quantitative estimate of drug-likeness (QED) is 0.872. The average Bonchev–Trinajstić information content (AvgIpc) is 2.62. The summed E-state index contributed by atoms with van der Waals surface area (Å²) in [6.07, 6.45) is 0. The van der Waals surface area contributed by atoms with Gasteiger partial charge >= 0.3 is 0 Å². The third-order valence-corrected chi connectivity index (χ3v) is 2.92. The van der Waals surface area contributed by atoms with E-state index >= 15 is 0 Å². The number of anilines is 1. The Labute approximate surface area is 107 Å². The van der Waals surface area contributed by atoms with Crippen molar-refractivity contribution in [3.63, 3.8) is 0 Å². The van der Waals surface area contributed by atoms with E-state index in [1.165, 1.54) is 5.56 Å². The van der Waals surface area contributed by atoms with Crippen LogP contribution in [0.25, 0.3) is 0 Å². The van der Waals surface area contributed by atoms with Crippen LogP contribution < -0.4 is 5.32 Å². The number of carbonyl (C=O) groups excluding carboxylic acids is 1. The molecule has 0 radical (unpaired) electrons. The van der Waals surface area contributed by atoms with Crippen molar-refractivity contribution in [2.45, 2.75) is 27.7 Å². The van der Waals surface area contributed by atoms with Crippen LogP contribution in [0.1, 0.15) is 33.0 Å². The molecular weight excluding hydrogens is 226 g/mol. The van der Waals surface area contributed by atoms with Gasteiger partial charge < -0.3 is 9.73 Å². The van der Waals surface area contributed by atoms with Gasteiger partial charge in [-0.15, -0.1) is 0 Å². The Morgan fingerprint density at radius 1 is 1.11 bits per heavy atom. The number of nitrogens with one attached hydrogen (secondary N) is 1. The van der Waals surface area contributed by atoms with Gasteiger partial charge in [0.2, 0.25) is 0 Å². The second-order valence-electron chi connectivity index (χ2n) is 4.60. The third kappa shape index (κ3) is 2.45. The standard InChI is InChI=1S/C15H17NO2/c1-9-5-6-14(10(2)7-9)16-15(17)13-8-11(3)18-12(13)4/h5-8H,1-4H3,(H,16,17). The number of hydrogen-bond donors (Lipinski definition) is 1. The van der Waals surface area contributed by atoms with E-state index < -0.39 is 0 Å². The first-order chi connectivity index (χ1) is 8.47. The van der Waals surface area contributed by atoms with E-state index in [0.29, 0.717) is 11.3 Å². The van der Waals surface area contributed by atoms with Crippen LogP contribution in [-0.2, 0) is 0 Å². The Morgan fingerprint density at radius 3 is 2.39 bits per heavy atom. The van der Waals surface area contributed by atoms with Gasteiger partial charge in [0, 0.05) is 5.69 Å². The summed E-state index contributed by atoms with van der Waals surface area (Å²) in [5.41, 5.74) is 3.67. The van der Waals surface area contributed by atoms with Crippen molar-refractivity contribution in [2.75, 3.05) is 5.32 Å². The summed E-state index contributed by atoms with van der Waals surface area (Å²) in [5, 5.41) is 2.91. The normalized spacial score (nSPS) is 10.4. The Kier molecular flexibility index (Phi) is 3.24. The summed E-state index contributed by atoms with van der Waals surface area (Å²) in [6.45, 7) is 7.64. The number of aryl methyl sites for hydroxylation is 4. The smallest absolute Gasteiger partial charge is 0.259 e. The summed E-state index contributed by atoms with van der Waals surface area (Å²) in [4.78, 5) is 12.1. The minimum atomic E-state index is -0.128. The fraction of sp³-hybridized carbons (Fsp3) is 0.267. The molecule has 94 valence electrons. The van der Waals surface area contributed by atoms with Crippen molar-refractivity contribution < 1.29 is 9.21 Å². The first kappa shape index (κ1) is 12.4. The van der Waals surface area contributed by atoms with Crippen molar-refractivity contribution in [3.05, 3.63) is 52.5 Å². The summed E-state index contributed by atoms with van der Waals surface area (Å²) in [6, 6.07) is 7.71. The van der Waals surface area contributed by atoms with Gasteiger partial charge in [-0.05, 0) is 45.4 Å². The topological polar surface area (TPSA) is 42.2 Å². The fourth-order valence-electron chi connectivity index (χ4n) is 2.00. The number of carbonyl (C=O) groups is 1. The van der Waals surface area contributed by atoms with Crippen LogP contribution >= 0.6 is 0 Å². The Hall–Kier alpha value is -2.03. The van der Waals surface area contributed by atoms with E-state index in [9.17, 15) is 4.79 Å². The predicted molar refractivity (Wildman–Crippen MR) is 72.1 cm³/mol. The van der Waals surface area contributed by atoms with E-state index in [0.717, 1.165) is 17.0 Å². The van der Waals surface area contributed by atoms with E-state index in [-0.39, 0.29) is 5.91 Å². The first-order valence-corrected chi connectivity index (χ1v) is 5.93. The maximum absolute atomic E-state index is 12.1. The molecule has 0 unspecified atom stereocenters. The van der Waals surface area contributed by atoms with Gasteiger partial charge in [-0.1, -0.05) is 17.7 Å². The molecule has 3 nitrogen and oxygen atoms in total. The lowest BCUT2D eigenvalue weighted by Gasteiger charge is -2.08. The van der Waals surface area contributed by atoms with Gasteiger partial charge in [0.25, 0.3) is 5.91 Å². The van der Waals surface area contributed by atoms with E-state index in [4.69, 9.17) is 4.42 Å². The van der Waals surface area contributed by atoms with E-state index in [1.807, 2.05) is 39.0 Å². The van der Waals surface area contributed by atoms with Crippen LogP contribution in [0.4, 0.5) is 5.69 Å². The molecule has 3 heteroatoms. The Morgan fingerprint density at radius 2 is 1.83 bits per heavy atom. The molecule has 1 N–H and O–H groups in total. The van der Waals surface area contributed by atoms with Crippen LogP contribution in [0, 0.1) is 27.7 Å². The zero-order valence-electron chi connectivity index (χ0n) is 11.1. The van der Waals surface area contributed by atoms with Gasteiger partial charge in [0.1, 0.15) is 11.5 Å². The maximum Gasteiger partial charge on any atom is 0.259 e. The molecular formula is C15H17NO2. The van der Waals surface area contributed by atoms with Gasteiger partial charge in [-0.3, -0.25) is 4.79 Å². The van der Waals surface area contributed by atoms with Crippen molar-refractivity contribution >= 4 is 11.6 Å². The molecule has 0 aliphatic heterocycles. The highest BCUT2D eigenvalue weighted by Gasteiger charge is 2.14. The number of rotatable bonds is 2. The molecule has 1 aromatic heterocycles. The monoisotopic (exact) mass is 243 g/mol. The lowest BCUT2D eigenvalue weighted by Crippen LogP contribution is -2.13. The number of hydrogen-bond acceptors (Lipinski definition) is 2. The zero-order chi connectivity index (χ0) is 13.3. The Balaban J connectivity index is 2.24. The van der Waals surface area contributed by atoms with Crippen LogP contribution in [-0.4, -0.2) is 5.91 Å². The van der Waals surface area contributed by atoms with Gasteiger partial charge in [0.15, 0.2) is 0 Å². The second-order valence-corrected chi connectivity index (χ2v) is 4.60. The highest BCUT2D eigenvalue weighted by Crippen LogP contribution is 2.19. The lowest BCUT2D eigenvalue weighted by atomic mass is 10.1. The van der Waals surface area contributed by atoms with Crippen molar-refractivity contribution in [2.24, 2.45) is 0 Å². The van der Waals surface area contributed by atoms with Crippen LogP contribution in [0.3, 0.4) is 0 Å². The SMILES string of the molecule is Cc1ccc(NC(=O)c2cc(C)oc2C)c(C)c1. The number of benzene rings is 1. The number of furan rings is 1. The molecule has 0 saturated carbocycles. The average molecular weight is 243 g/mol. The van der Waals surface area contributed by atoms with Crippen LogP contribution in [0.15, 0.2) is 28.7 Å². The van der Waals surface area contributed by atoms with Gasteiger partial charge in [-0.25, -0.2) is 0 Å². The van der Waals surface area contributed by atoms with Crippen LogP contribution in [0.2, 0.25) is 0 Å². The molecule has 2 aromatic rings. The molecule has 0 bridgehead atoms. The summed E-state index contributed by atoms with van der Waals surface area (Å²) in [7, 11) is 0. The van der Waals surface area contributed by atoms with Gasteiger partial charge in [0.05, 0.1) is 5.56 Å². The molecule has 1 aromatic carbocycles. The predicted octanol–water partition coefficient (Wildman–Crippen LogP) is 3.77. The van der Waals surface area contributed by atoms with Crippen molar-refractivity contribution in [3.8, 4) is 0 Å². The molecule has 0 spiro atoms. The lowest BCUT2D eigenvalue weighted by molar-refractivity contribution is 0.102. The molecule has 0 atom stereocenters. The summed E-state index contributed by atoms with van der Waals surface area (Å²) >= 11 is 0. The zero-order valence-corrected chi connectivity index (χ0v) is 11.1. The maximum atomic E-state index is 12.1. The molecule has 2 rings (SSSR count). The molecule has 0 saturated heterocycles. The summed E-state index contributed by atoms with van der Waals surface area (Å²) in [5.74, 6) is 1.27. The largest absolute Gasteiger partial charge is 0.466 e. The minimum absolute atomic E-state index is 0.128. The first-order valence-electron chi connectivity index (χ1n) is 5.93. The van der Waals surface area contributed by atoms with Crippen LogP contribution in [0.5, 0.6) is 0 Å². The molecule has 1 amide bonds. The highest BCUT2D eigenvalue weighted by atomic mass is 16.3. The van der Waals surface area contributed by atoms with E-state index in [1.54, 1.807) is 13.0 Å². The van der Waals surface area contributed by atoms with E-state index in [2.05, 4.69) is 5.32 Å². The highest BCUT2D eigenvalue weighted by molar-refractivity contribution is 6.05. The van der Waals surface area contributed by atoms with Gasteiger partial charge in [-0.2, -0.15) is 0 Å². The fourth-order valence-corrected chi connectivity index (χ4v) is 2.00. The van der Waals surface area contributed by atoms with Crippen molar-refractivity contribution in [1.29, 1.82) is 0 Å². The van der Waals surface area contributed by atoms with Crippen molar-refractivity contribution in [1.82, 2.24) is 0 Å². The number of amides is 1. The molecule has 0 aliphatic carbocycles. The minimum Gasteiger partial charge on any atom is -0.466 e. The molecule has 1 heterocycles. The molecule has 0 fully saturated rings. The molecule has 18 heavy (non-hydrogen) atoms. The molecule has 0 aliphatic rings. The Bertz CT molecular complexity index is 597. The second kappa shape index (κ2) is 4.69. The summed E-state index contributed by atoms with van der Waals surface area (Å²) < 4.78 is 5.36. The third-order valence-electron chi connectivity index (χ3n) is 2.92.